The zero-order valence-electron chi connectivity index (χ0n) is 12.9. The molecule has 2 unspecified atom stereocenters. The van der Waals surface area contributed by atoms with Crippen LogP contribution in [0.3, 0.4) is 0 Å². The number of thioether (sulfide) groups is 1. The van der Waals surface area contributed by atoms with Crippen LogP contribution in [0.5, 0.6) is 0 Å². The second-order valence-corrected chi connectivity index (χ2v) is 6.60. The standard InChI is InChI=1S/C14H22N4O2S/c1-5-13(7-9-15,17-11(3)19)21-14(6-2,8-10-16)18-12(4)20/h5-8H2,1-4H3,(H,17,19)(H,18,20). The number of hydrogen-bond acceptors (Lipinski definition) is 5. The lowest BCUT2D eigenvalue weighted by molar-refractivity contribution is -0.120. The van der Waals surface area contributed by atoms with Crippen molar-refractivity contribution >= 4 is 23.6 Å². The number of nitriles is 2. The van der Waals surface area contributed by atoms with Gasteiger partial charge in [-0.25, -0.2) is 0 Å². The third kappa shape index (κ3) is 6.05. The van der Waals surface area contributed by atoms with Gasteiger partial charge in [0.2, 0.25) is 11.8 Å². The van der Waals surface area contributed by atoms with Crippen LogP contribution in [0, 0.1) is 22.7 Å². The highest BCUT2D eigenvalue weighted by atomic mass is 32.2. The molecule has 2 N–H and O–H groups in total. The number of rotatable bonds is 8. The first-order valence-corrected chi connectivity index (χ1v) is 7.62. The van der Waals surface area contributed by atoms with Crippen LogP contribution in [-0.2, 0) is 9.59 Å². The van der Waals surface area contributed by atoms with E-state index >= 15 is 0 Å². The zero-order chi connectivity index (χ0) is 16.5. The van der Waals surface area contributed by atoms with Crippen LogP contribution in [-0.4, -0.2) is 21.6 Å². The van der Waals surface area contributed by atoms with Gasteiger partial charge in [0.05, 0.1) is 25.0 Å². The average Bonchev–Trinajstić information content (AvgIpc) is 2.37. The lowest BCUT2D eigenvalue weighted by atomic mass is 10.1. The third-order valence-electron chi connectivity index (χ3n) is 3.07. The molecule has 0 aromatic carbocycles. The Hall–Kier alpha value is -1.73. The van der Waals surface area contributed by atoms with Gasteiger partial charge < -0.3 is 10.6 Å². The first kappa shape index (κ1) is 19.3. The van der Waals surface area contributed by atoms with Crippen molar-refractivity contribution in [2.45, 2.75) is 63.1 Å². The second-order valence-electron chi connectivity index (χ2n) is 4.83. The van der Waals surface area contributed by atoms with Gasteiger partial charge in [-0.05, 0) is 12.8 Å². The molecule has 0 aromatic rings. The molecular formula is C14H22N4O2S. The first-order chi connectivity index (χ1) is 9.78. The van der Waals surface area contributed by atoms with Gasteiger partial charge in [0.25, 0.3) is 0 Å². The van der Waals surface area contributed by atoms with Crippen molar-refractivity contribution in [3.8, 4) is 12.1 Å². The summed E-state index contributed by atoms with van der Waals surface area (Å²) in [5.41, 5.74) is 0. The number of nitrogens with zero attached hydrogens (tertiary/aromatic N) is 2. The Morgan fingerprint density at radius 2 is 1.29 bits per heavy atom. The van der Waals surface area contributed by atoms with E-state index in [1.165, 1.54) is 25.6 Å². The van der Waals surface area contributed by atoms with Crippen LogP contribution < -0.4 is 10.6 Å². The average molecular weight is 310 g/mol. The molecule has 0 aliphatic heterocycles. The zero-order valence-corrected chi connectivity index (χ0v) is 13.8. The van der Waals surface area contributed by atoms with Crippen molar-refractivity contribution in [2.75, 3.05) is 0 Å². The SMILES string of the molecule is CCC(CC#N)(NC(C)=O)SC(CC)(CC#N)NC(C)=O. The van der Waals surface area contributed by atoms with E-state index in [1.54, 1.807) is 0 Å². The van der Waals surface area contributed by atoms with Gasteiger partial charge in [-0.3, -0.25) is 9.59 Å². The van der Waals surface area contributed by atoms with E-state index in [4.69, 9.17) is 10.5 Å². The van der Waals surface area contributed by atoms with Crippen LogP contribution in [0.1, 0.15) is 53.4 Å². The fourth-order valence-electron chi connectivity index (χ4n) is 2.05. The Morgan fingerprint density at radius 3 is 1.48 bits per heavy atom. The molecular weight excluding hydrogens is 288 g/mol. The maximum Gasteiger partial charge on any atom is 0.217 e. The molecule has 0 fully saturated rings. The van der Waals surface area contributed by atoms with E-state index in [0.717, 1.165) is 0 Å². The Bertz CT molecular complexity index is 427. The molecule has 0 aliphatic rings. The number of carbonyl (C=O) groups excluding carboxylic acids is 2. The Kier molecular flexibility index (Phi) is 7.83. The van der Waals surface area contributed by atoms with Gasteiger partial charge in [-0.15, -0.1) is 11.8 Å². The summed E-state index contributed by atoms with van der Waals surface area (Å²) in [5.74, 6) is -0.492. The summed E-state index contributed by atoms with van der Waals surface area (Å²) < 4.78 is 0. The summed E-state index contributed by atoms with van der Waals surface area (Å²) in [5, 5.41) is 23.7. The van der Waals surface area contributed by atoms with Crippen molar-refractivity contribution < 1.29 is 9.59 Å². The van der Waals surface area contributed by atoms with E-state index in [2.05, 4.69) is 22.8 Å². The summed E-state index contributed by atoms with van der Waals surface area (Å²) in [6, 6.07) is 4.15. The van der Waals surface area contributed by atoms with E-state index in [1.807, 2.05) is 13.8 Å². The van der Waals surface area contributed by atoms with Crippen LogP contribution in [0.4, 0.5) is 0 Å². The van der Waals surface area contributed by atoms with E-state index in [0.29, 0.717) is 12.8 Å². The van der Waals surface area contributed by atoms with Crippen LogP contribution in [0.2, 0.25) is 0 Å². The minimum absolute atomic E-state index is 0.0977. The molecule has 0 rings (SSSR count). The van der Waals surface area contributed by atoms with E-state index < -0.39 is 9.74 Å². The lowest BCUT2D eigenvalue weighted by Gasteiger charge is -2.41. The molecule has 7 heteroatoms. The molecule has 6 nitrogen and oxygen atoms in total. The molecule has 21 heavy (non-hydrogen) atoms. The summed E-state index contributed by atoms with van der Waals surface area (Å²) in [6.07, 6.45) is 1.22. The molecule has 0 bridgehead atoms. The van der Waals surface area contributed by atoms with Crippen molar-refractivity contribution in [3.05, 3.63) is 0 Å². The van der Waals surface area contributed by atoms with Gasteiger partial charge >= 0.3 is 0 Å². The smallest absolute Gasteiger partial charge is 0.217 e. The normalized spacial score (nSPS) is 15.7. The quantitative estimate of drug-likeness (QED) is 0.667. The highest BCUT2D eigenvalue weighted by molar-refractivity contribution is 8.02. The molecule has 0 saturated carbocycles. The number of amides is 2. The topological polar surface area (TPSA) is 106 Å². The summed E-state index contributed by atoms with van der Waals surface area (Å²) in [4.78, 5) is 21.3. The van der Waals surface area contributed by atoms with Crippen molar-refractivity contribution in [1.29, 1.82) is 10.5 Å². The van der Waals surface area contributed by atoms with Crippen LogP contribution in [0.15, 0.2) is 0 Å². The maximum absolute atomic E-state index is 11.5. The second kappa shape index (κ2) is 8.53. The highest BCUT2D eigenvalue weighted by Crippen LogP contribution is 2.42. The monoisotopic (exact) mass is 310 g/mol. The summed E-state index contributed by atoms with van der Waals surface area (Å²) >= 11 is 1.28. The summed E-state index contributed by atoms with van der Waals surface area (Å²) in [6.45, 7) is 6.50. The summed E-state index contributed by atoms with van der Waals surface area (Å²) in [7, 11) is 0. The predicted octanol–water partition coefficient (Wildman–Crippen LogP) is 2.03. The number of hydrogen-bond donors (Lipinski definition) is 2. The van der Waals surface area contributed by atoms with Crippen molar-refractivity contribution in [1.82, 2.24) is 10.6 Å². The molecule has 116 valence electrons. The lowest BCUT2D eigenvalue weighted by Crippen LogP contribution is -2.53. The molecule has 0 radical (unpaired) electrons. The predicted molar refractivity (Wildman–Crippen MR) is 81.7 cm³/mol. The van der Waals surface area contributed by atoms with Crippen molar-refractivity contribution in [3.63, 3.8) is 0 Å². The molecule has 0 aromatic heterocycles. The molecule has 2 atom stereocenters. The van der Waals surface area contributed by atoms with Crippen molar-refractivity contribution in [2.24, 2.45) is 0 Å². The number of carbonyl (C=O) groups is 2. The van der Waals surface area contributed by atoms with E-state index in [9.17, 15) is 9.59 Å². The highest BCUT2D eigenvalue weighted by Gasteiger charge is 2.41. The van der Waals surface area contributed by atoms with Gasteiger partial charge in [0.15, 0.2) is 0 Å². The molecule has 2 amide bonds. The third-order valence-corrected chi connectivity index (χ3v) is 4.92. The number of nitrogens with one attached hydrogen (secondary N) is 2. The molecule has 0 saturated heterocycles. The van der Waals surface area contributed by atoms with Gasteiger partial charge in [0.1, 0.15) is 9.74 Å². The van der Waals surface area contributed by atoms with Gasteiger partial charge in [-0.2, -0.15) is 10.5 Å². The van der Waals surface area contributed by atoms with Gasteiger partial charge in [0, 0.05) is 13.8 Å². The minimum atomic E-state index is -0.824. The maximum atomic E-state index is 11.5. The molecule has 0 heterocycles. The molecule has 0 spiro atoms. The largest absolute Gasteiger partial charge is 0.341 e. The Morgan fingerprint density at radius 1 is 0.952 bits per heavy atom. The minimum Gasteiger partial charge on any atom is -0.341 e. The Balaban J connectivity index is 5.57. The Labute approximate surface area is 130 Å². The first-order valence-electron chi connectivity index (χ1n) is 6.80. The van der Waals surface area contributed by atoms with Crippen LogP contribution >= 0.6 is 11.8 Å². The fraction of sp³-hybridized carbons (Fsp3) is 0.714. The van der Waals surface area contributed by atoms with Gasteiger partial charge in [-0.1, -0.05) is 13.8 Å². The fourth-order valence-corrected chi connectivity index (χ4v) is 3.75. The van der Waals surface area contributed by atoms with Crippen LogP contribution in [0.25, 0.3) is 0 Å². The van der Waals surface area contributed by atoms with E-state index in [-0.39, 0.29) is 24.7 Å². The molecule has 0 aliphatic carbocycles.